The molecule has 0 aromatic heterocycles. The van der Waals surface area contributed by atoms with Crippen LogP contribution in [0.2, 0.25) is 5.02 Å². The molecular formula is C18H17ClN4O4S. The maximum absolute atomic E-state index is 12.2. The quantitative estimate of drug-likeness (QED) is 0.445. The van der Waals surface area contributed by atoms with Crippen LogP contribution >= 0.6 is 23.8 Å². The minimum absolute atomic E-state index is 0.0618. The van der Waals surface area contributed by atoms with Crippen molar-refractivity contribution in [2.75, 3.05) is 36.5 Å². The van der Waals surface area contributed by atoms with E-state index in [4.69, 9.17) is 28.6 Å². The SMILES string of the molecule is O=C(NC(=S)Nc1ccc(N2CCOCC2)c(Cl)c1)c1cccc([N+](=O)[O-])c1. The molecule has 0 bridgehead atoms. The Morgan fingerprint density at radius 3 is 2.64 bits per heavy atom. The van der Waals surface area contributed by atoms with Gasteiger partial charge in [0.25, 0.3) is 11.6 Å². The van der Waals surface area contributed by atoms with E-state index in [-0.39, 0.29) is 16.4 Å². The number of non-ortho nitro benzene ring substituents is 1. The van der Waals surface area contributed by atoms with Crippen molar-refractivity contribution < 1.29 is 14.5 Å². The number of amides is 1. The fraction of sp³-hybridized carbons (Fsp3) is 0.222. The Hall–Kier alpha value is -2.75. The Kier molecular flexibility index (Phi) is 6.40. The van der Waals surface area contributed by atoms with Crippen molar-refractivity contribution in [1.29, 1.82) is 0 Å². The minimum atomic E-state index is -0.564. The molecule has 1 aliphatic rings. The molecule has 8 nitrogen and oxygen atoms in total. The second-order valence-corrected chi connectivity index (χ2v) is 6.80. The van der Waals surface area contributed by atoms with E-state index >= 15 is 0 Å². The van der Waals surface area contributed by atoms with Crippen LogP contribution in [0.4, 0.5) is 17.1 Å². The summed E-state index contributed by atoms with van der Waals surface area (Å²) < 4.78 is 5.34. The summed E-state index contributed by atoms with van der Waals surface area (Å²) in [7, 11) is 0. The summed E-state index contributed by atoms with van der Waals surface area (Å²) in [4.78, 5) is 24.6. The average Bonchev–Trinajstić information content (AvgIpc) is 2.68. The third-order valence-electron chi connectivity index (χ3n) is 4.10. The Balaban J connectivity index is 1.63. The number of carbonyl (C=O) groups excluding carboxylic acids is 1. The van der Waals surface area contributed by atoms with E-state index in [2.05, 4.69) is 15.5 Å². The summed E-state index contributed by atoms with van der Waals surface area (Å²) >= 11 is 11.5. The van der Waals surface area contributed by atoms with Crippen molar-refractivity contribution in [2.24, 2.45) is 0 Å². The van der Waals surface area contributed by atoms with Gasteiger partial charge >= 0.3 is 0 Å². The standard InChI is InChI=1S/C18H17ClN4O4S/c19-15-11-13(4-5-16(15)22-6-8-27-9-7-22)20-18(28)21-17(24)12-2-1-3-14(10-12)23(25)26/h1-5,10-11H,6-9H2,(H2,20,21,24,28). The Bertz CT molecular complexity index is 918. The molecule has 1 heterocycles. The molecule has 0 unspecified atom stereocenters. The summed E-state index contributed by atoms with van der Waals surface area (Å²) in [6.45, 7) is 2.85. The van der Waals surface area contributed by atoms with Gasteiger partial charge < -0.3 is 15.0 Å². The molecule has 0 spiro atoms. The molecule has 2 aromatic carbocycles. The zero-order valence-corrected chi connectivity index (χ0v) is 16.3. The molecule has 1 fully saturated rings. The highest BCUT2D eigenvalue weighted by atomic mass is 35.5. The van der Waals surface area contributed by atoms with Gasteiger partial charge in [0.2, 0.25) is 0 Å². The molecule has 1 aliphatic heterocycles. The van der Waals surface area contributed by atoms with Crippen molar-refractivity contribution in [1.82, 2.24) is 5.32 Å². The van der Waals surface area contributed by atoms with Crippen LogP contribution in [-0.4, -0.2) is 42.2 Å². The number of hydrogen-bond donors (Lipinski definition) is 2. The normalized spacial score (nSPS) is 13.7. The lowest BCUT2D eigenvalue weighted by Gasteiger charge is -2.29. The third kappa shape index (κ3) is 4.94. The number of morpholine rings is 1. The first-order valence-corrected chi connectivity index (χ1v) is 9.22. The van der Waals surface area contributed by atoms with E-state index in [0.717, 1.165) is 18.8 Å². The zero-order chi connectivity index (χ0) is 20.1. The monoisotopic (exact) mass is 420 g/mol. The maximum Gasteiger partial charge on any atom is 0.270 e. The van der Waals surface area contributed by atoms with Crippen LogP contribution in [0.25, 0.3) is 0 Å². The van der Waals surface area contributed by atoms with Gasteiger partial charge in [-0.3, -0.25) is 20.2 Å². The molecule has 146 valence electrons. The molecule has 1 saturated heterocycles. The predicted octanol–water partition coefficient (Wildman–Crippen LogP) is 3.21. The number of ether oxygens (including phenoxy) is 1. The number of rotatable bonds is 4. The van der Waals surface area contributed by atoms with E-state index in [1.54, 1.807) is 6.07 Å². The van der Waals surface area contributed by atoms with Crippen LogP contribution in [0.15, 0.2) is 42.5 Å². The molecule has 0 saturated carbocycles. The van der Waals surface area contributed by atoms with Crippen LogP contribution in [0.5, 0.6) is 0 Å². The topological polar surface area (TPSA) is 96.7 Å². The molecular weight excluding hydrogens is 404 g/mol. The first-order valence-electron chi connectivity index (χ1n) is 8.43. The number of nitrogens with one attached hydrogen (secondary N) is 2. The molecule has 0 aliphatic carbocycles. The summed E-state index contributed by atoms with van der Waals surface area (Å²) in [6, 6.07) is 10.8. The van der Waals surface area contributed by atoms with Crippen LogP contribution in [-0.2, 0) is 4.74 Å². The number of nitrogens with zero attached hydrogens (tertiary/aromatic N) is 2. The number of anilines is 2. The van der Waals surface area contributed by atoms with Gasteiger partial charge in [0, 0.05) is 36.5 Å². The number of thiocarbonyl (C=S) groups is 1. The van der Waals surface area contributed by atoms with Crippen LogP contribution in [0.3, 0.4) is 0 Å². The predicted molar refractivity (Wildman–Crippen MR) is 111 cm³/mol. The fourth-order valence-corrected chi connectivity index (χ4v) is 3.25. The van der Waals surface area contributed by atoms with E-state index < -0.39 is 10.8 Å². The maximum atomic E-state index is 12.2. The van der Waals surface area contributed by atoms with Gasteiger partial charge in [-0.25, -0.2) is 0 Å². The highest BCUT2D eigenvalue weighted by Crippen LogP contribution is 2.29. The number of nitro benzene ring substituents is 1. The lowest BCUT2D eigenvalue weighted by molar-refractivity contribution is -0.384. The zero-order valence-electron chi connectivity index (χ0n) is 14.7. The molecule has 28 heavy (non-hydrogen) atoms. The van der Waals surface area contributed by atoms with Gasteiger partial charge in [-0.1, -0.05) is 17.7 Å². The molecule has 0 radical (unpaired) electrons. The Morgan fingerprint density at radius 1 is 1.21 bits per heavy atom. The van der Waals surface area contributed by atoms with Crippen molar-refractivity contribution in [2.45, 2.75) is 0 Å². The van der Waals surface area contributed by atoms with Gasteiger partial charge in [0.05, 0.1) is 28.8 Å². The van der Waals surface area contributed by atoms with E-state index in [1.165, 1.54) is 24.3 Å². The average molecular weight is 421 g/mol. The van der Waals surface area contributed by atoms with Crippen molar-refractivity contribution in [3.8, 4) is 0 Å². The molecule has 10 heteroatoms. The number of carbonyl (C=O) groups is 1. The van der Waals surface area contributed by atoms with Crippen molar-refractivity contribution >= 4 is 51.9 Å². The van der Waals surface area contributed by atoms with Gasteiger partial charge in [0.15, 0.2) is 5.11 Å². The summed E-state index contributed by atoms with van der Waals surface area (Å²) in [6.07, 6.45) is 0. The summed E-state index contributed by atoms with van der Waals surface area (Å²) in [5.41, 5.74) is 1.49. The number of hydrogen-bond acceptors (Lipinski definition) is 6. The summed E-state index contributed by atoms with van der Waals surface area (Å²) in [5, 5.41) is 16.8. The first kappa shape index (κ1) is 20.0. The van der Waals surface area contributed by atoms with Crippen molar-refractivity contribution in [3.05, 3.63) is 63.2 Å². The fourth-order valence-electron chi connectivity index (χ4n) is 2.74. The second-order valence-electron chi connectivity index (χ2n) is 5.98. The highest BCUT2D eigenvalue weighted by Gasteiger charge is 2.16. The van der Waals surface area contributed by atoms with Crippen LogP contribution in [0.1, 0.15) is 10.4 Å². The molecule has 0 atom stereocenters. The van der Waals surface area contributed by atoms with Gasteiger partial charge in [-0.15, -0.1) is 0 Å². The van der Waals surface area contributed by atoms with Crippen LogP contribution in [0, 0.1) is 10.1 Å². The highest BCUT2D eigenvalue weighted by molar-refractivity contribution is 7.80. The number of halogens is 1. The largest absolute Gasteiger partial charge is 0.378 e. The second kappa shape index (κ2) is 8.96. The molecule has 1 amide bonds. The first-order chi connectivity index (χ1) is 13.4. The van der Waals surface area contributed by atoms with Gasteiger partial charge in [-0.2, -0.15) is 0 Å². The Labute approximate surface area is 171 Å². The van der Waals surface area contributed by atoms with Gasteiger partial charge in [0.1, 0.15) is 0 Å². The van der Waals surface area contributed by atoms with E-state index in [0.29, 0.717) is 23.9 Å². The molecule has 2 N–H and O–H groups in total. The van der Waals surface area contributed by atoms with Gasteiger partial charge in [-0.05, 0) is 36.5 Å². The minimum Gasteiger partial charge on any atom is -0.378 e. The lowest BCUT2D eigenvalue weighted by atomic mass is 10.2. The third-order valence-corrected chi connectivity index (χ3v) is 4.61. The lowest BCUT2D eigenvalue weighted by Crippen LogP contribution is -2.36. The summed E-state index contributed by atoms with van der Waals surface area (Å²) in [5.74, 6) is -0.544. The van der Waals surface area contributed by atoms with Crippen LogP contribution < -0.4 is 15.5 Å². The number of benzene rings is 2. The number of nitro groups is 1. The van der Waals surface area contributed by atoms with Crippen molar-refractivity contribution in [3.63, 3.8) is 0 Å². The van der Waals surface area contributed by atoms with E-state index in [9.17, 15) is 14.9 Å². The molecule has 2 aromatic rings. The van der Waals surface area contributed by atoms with E-state index in [1.807, 2.05) is 12.1 Å². The smallest absolute Gasteiger partial charge is 0.270 e. The Morgan fingerprint density at radius 2 is 1.96 bits per heavy atom. The molecule has 3 rings (SSSR count).